The van der Waals surface area contributed by atoms with Gasteiger partial charge in [0.25, 0.3) is 0 Å². The van der Waals surface area contributed by atoms with Crippen molar-refractivity contribution in [1.82, 2.24) is 0 Å². The summed E-state index contributed by atoms with van der Waals surface area (Å²) in [5.74, 6) is 1.11. The number of piperidine rings is 2. The van der Waals surface area contributed by atoms with Crippen LogP contribution < -0.4 is 44.1 Å². The number of aliphatic hydroxyl groups is 1. The molecule has 4 atom stereocenters. The van der Waals surface area contributed by atoms with Crippen molar-refractivity contribution in [1.29, 1.82) is 0 Å². The van der Waals surface area contributed by atoms with Crippen LogP contribution in [0.25, 0.3) is 9.69 Å². The molecule has 0 aromatic heterocycles. The van der Waals surface area contributed by atoms with Gasteiger partial charge in [0.2, 0.25) is 0 Å². The zero-order valence-corrected chi connectivity index (χ0v) is 41.5. The maximum absolute atomic E-state index is 12.1. The predicted octanol–water partition coefficient (Wildman–Crippen LogP) is 13.3. The molecule has 2 heterocycles. The summed E-state index contributed by atoms with van der Waals surface area (Å²) in [6.07, 6.45) is 3.89. The number of aliphatic hydroxyl groups excluding tert-OH is 1. The molecule has 0 spiro atoms. The van der Waals surface area contributed by atoms with Gasteiger partial charge in [0, 0.05) is 67.1 Å². The van der Waals surface area contributed by atoms with Crippen molar-refractivity contribution < 1.29 is 45.2 Å². The summed E-state index contributed by atoms with van der Waals surface area (Å²) < 4.78 is 18.2. The molecule has 2 fully saturated rings. The van der Waals surface area contributed by atoms with E-state index in [1.54, 1.807) is 24.3 Å². The smallest absolute Gasteiger partial charge is 1.00 e. The van der Waals surface area contributed by atoms with Crippen molar-refractivity contribution in [3.05, 3.63) is 203 Å². The molecule has 64 heavy (non-hydrogen) atoms. The molecule has 8 rings (SSSR count). The number of nitrogens with zero attached hydrogens (tertiary/aromatic N) is 4. The Kier molecular flexibility index (Phi) is 20.3. The molecule has 326 valence electrons. The van der Waals surface area contributed by atoms with Crippen molar-refractivity contribution in [2.45, 2.75) is 37.8 Å². The molecule has 14 heteroatoms. The van der Waals surface area contributed by atoms with Gasteiger partial charge in [-0.05, 0) is 140 Å². The minimum Gasteiger partial charge on any atom is -1.00 e. The Balaban J connectivity index is 0.000000239. The van der Waals surface area contributed by atoms with Crippen LogP contribution in [0, 0.1) is 30.8 Å². The maximum atomic E-state index is 12.1. The Morgan fingerprint density at radius 1 is 0.562 bits per heavy atom. The second-order valence-electron chi connectivity index (χ2n) is 15.2. The summed E-state index contributed by atoms with van der Waals surface area (Å²) in [5.41, 5.74) is 5.42. The second kappa shape index (κ2) is 25.3. The van der Waals surface area contributed by atoms with Crippen molar-refractivity contribution in [3.8, 4) is 5.75 Å². The van der Waals surface area contributed by atoms with Crippen LogP contribution in [0.5, 0.6) is 5.75 Å². The molecule has 0 unspecified atom stereocenters. The van der Waals surface area contributed by atoms with E-state index < -0.39 is 0 Å². The van der Waals surface area contributed by atoms with Gasteiger partial charge in [0.15, 0.2) is 11.4 Å². The first-order valence-electron chi connectivity index (χ1n) is 20.2. The van der Waals surface area contributed by atoms with Gasteiger partial charge in [0.05, 0.1) is 31.8 Å². The maximum Gasteiger partial charge on any atom is 1.00 e. The minimum absolute atomic E-state index is 0. The number of hydrogen-bond donors (Lipinski definition) is 1. The molecule has 0 amide bonds. The third-order valence-corrected chi connectivity index (χ3v) is 12.6. The van der Waals surface area contributed by atoms with Gasteiger partial charge in [-0.2, -0.15) is 0 Å². The minimum atomic E-state index is -0.303. The van der Waals surface area contributed by atoms with Gasteiger partial charge in [0.1, 0.15) is 11.6 Å². The fourth-order valence-electron chi connectivity index (χ4n) is 7.75. The third-order valence-electron chi connectivity index (χ3n) is 11.0. The van der Waals surface area contributed by atoms with Crippen LogP contribution in [0.3, 0.4) is 0 Å². The Hall–Kier alpha value is -3.67. The van der Waals surface area contributed by atoms with Crippen molar-refractivity contribution in [3.63, 3.8) is 0 Å². The van der Waals surface area contributed by atoms with Crippen LogP contribution in [0.15, 0.2) is 133 Å². The molecule has 6 nitrogen and oxygen atoms in total. The molecule has 6 aromatic carbocycles. The number of hydrogen-bond acceptors (Lipinski definition) is 4. The number of ether oxygens (including phenoxy) is 1. The molecule has 1 N–H and O–H groups in total. The zero-order chi connectivity index (χ0) is 44.9. The first-order chi connectivity index (χ1) is 30.4. The van der Waals surface area contributed by atoms with E-state index in [9.17, 15) is 9.50 Å². The number of rotatable bonds is 8. The topological polar surface area (TPSA) is 44.7 Å². The molecule has 2 aliphatic rings. The summed E-state index contributed by atoms with van der Waals surface area (Å²) >= 11 is 37.3. The molecule has 0 radical (unpaired) electrons. The molecule has 0 saturated carbocycles. The SMILES string of the molecule is OC[C@@H]1CC[C@H](c2ccc(Cl)cc2Cl)N(c2ccc(Cl)cc2)C1.[C-]#[N+]c1ccc(F)cc1.[C-]#[N+]c1ccc(OC[C@@H]2CC[C@H](c3ccc(Cl)cc3Cl)N(c3ccc(Cl)cc3)C2)cc1.[H-].[Na+]. The number of anilines is 2. The summed E-state index contributed by atoms with van der Waals surface area (Å²) in [5, 5.41) is 13.6. The predicted molar refractivity (Wildman–Crippen MR) is 261 cm³/mol. The van der Waals surface area contributed by atoms with Crippen LogP contribution in [-0.2, 0) is 0 Å². The van der Waals surface area contributed by atoms with E-state index in [4.69, 9.17) is 87.5 Å². The average molecular weight is 988 g/mol. The van der Waals surface area contributed by atoms with Crippen molar-refractivity contribution >= 4 is 92.4 Å². The number of benzene rings is 6. The van der Waals surface area contributed by atoms with E-state index in [0.717, 1.165) is 67.0 Å². The number of halogens is 7. The van der Waals surface area contributed by atoms with E-state index in [1.807, 2.05) is 84.9 Å². The van der Waals surface area contributed by atoms with Crippen LogP contribution >= 0.6 is 69.6 Å². The normalized spacial score (nSPS) is 17.8. The molecule has 0 aliphatic carbocycles. The quantitative estimate of drug-likeness (QED) is 0.122. The van der Waals surface area contributed by atoms with E-state index in [1.165, 1.54) is 24.3 Å². The summed E-state index contributed by atoms with van der Waals surface area (Å²) in [6.45, 7) is 16.0. The van der Waals surface area contributed by atoms with E-state index in [-0.39, 0.29) is 61.4 Å². The van der Waals surface area contributed by atoms with Crippen molar-refractivity contribution in [2.24, 2.45) is 11.8 Å². The first-order valence-corrected chi connectivity index (χ1v) is 22.5. The van der Waals surface area contributed by atoms with Gasteiger partial charge in [-0.1, -0.05) is 106 Å². The van der Waals surface area contributed by atoms with Gasteiger partial charge < -0.3 is 21.1 Å². The van der Waals surface area contributed by atoms with Crippen LogP contribution in [0.2, 0.25) is 30.1 Å². The molecule has 2 aliphatic heterocycles. The van der Waals surface area contributed by atoms with Crippen molar-refractivity contribution in [2.75, 3.05) is 36.1 Å². The van der Waals surface area contributed by atoms with Gasteiger partial charge in [-0.3, -0.25) is 0 Å². The Morgan fingerprint density at radius 3 is 1.39 bits per heavy atom. The summed E-state index contributed by atoms with van der Waals surface area (Å²) in [4.78, 5) is 11.2. The molecule has 6 aromatic rings. The molecular formula is C50H44Cl6FN4NaO2. The molecule has 2 saturated heterocycles. The van der Waals surface area contributed by atoms with E-state index in [0.29, 0.717) is 54.0 Å². The Bertz CT molecular complexity index is 2510. The second-order valence-corrected chi connectivity index (χ2v) is 17.8. The fourth-order valence-corrected chi connectivity index (χ4v) is 9.07. The van der Waals surface area contributed by atoms with Crippen LogP contribution in [0.1, 0.15) is 50.3 Å². The Morgan fingerprint density at radius 2 is 0.969 bits per heavy atom. The first kappa shape index (κ1) is 51.3. The average Bonchev–Trinajstić information content (AvgIpc) is 3.30. The summed E-state index contributed by atoms with van der Waals surface area (Å²) in [7, 11) is 0. The molecular weight excluding hydrogens is 943 g/mol. The summed E-state index contributed by atoms with van der Waals surface area (Å²) in [6, 6.07) is 40.1. The van der Waals surface area contributed by atoms with Gasteiger partial charge in [-0.25, -0.2) is 14.1 Å². The largest absolute Gasteiger partial charge is 1.00 e. The van der Waals surface area contributed by atoms with Gasteiger partial charge in [-0.15, -0.1) is 0 Å². The van der Waals surface area contributed by atoms with Gasteiger partial charge >= 0.3 is 29.6 Å². The standard InChI is InChI=1S/C25H21Cl3N2O.C18H18Cl3NO.C7H4FN.Na.H/c1-29-20-6-10-22(11-7-20)31-16-17-2-13-25(23-12-5-19(27)14-24(23)28)30(15-17)21-8-3-18(26)4-9-21;19-13-2-5-15(6-3-13)22-10-12(11-23)1-8-18(22)16-7-4-14(20)9-17(16)21;1-9-7-4-2-6(8)3-5-7;;/h3-12,14,17,25H,2,13,15-16H2;2-7,9,12,18,23H,1,8,10-11H2;2-5H;;/q;;;+1;-1/t17-,25-;12-,18-;;;/m11.../s1. The van der Waals surface area contributed by atoms with Crippen LogP contribution in [0.4, 0.5) is 27.1 Å². The zero-order valence-electron chi connectivity index (χ0n) is 36.0. The molecule has 0 bridgehead atoms. The third kappa shape index (κ3) is 14.4. The fraction of sp³-hybridized carbons (Fsp3) is 0.240. The Labute approximate surface area is 428 Å². The van der Waals surface area contributed by atoms with E-state index >= 15 is 0 Å². The van der Waals surface area contributed by atoms with E-state index in [2.05, 4.69) is 19.5 Å². The van der Waals surface area contributed by atoms with Crippen LogP contribution in [-0.4, -0.2) is 31.4 Å². The monoisotopic (exact) mass is 984 g/mol.